The molecule has 0 fully saturated rings. The van der Waals surface area contributed by atoms with Crippen molar-refractivity contribution in [1.82, 2.24) is 15.5 Å². The maximum atomic E-state index is 5.34. The number of rotatable bonds is 9. The van der Waals surface area contributed by atoms with Crippen molar-refractivity contribution < 1.29 is 4.74 Å². The quantitative estimate of drug-likeness (QED) is 0.255. The second-order valence-electron chi connectivity index (χ2n) is 6.67. The third-order valence-corrected chi connectivity index (χ3v) is 4.04. The van der Waals surface area contributed by atoms with Crippen LogP contribution in [0.15, 0.2) is 29.3 Å². The van der Waals surface area contributed by atoms with Crippen LogP contribution in [0.2, 0.25) is 0 Å². The summed E-state index contributed by atoms with van der Waals surface area (Å²) < 4.78 is 5.34. The summed E-state index contributed by atoms with van der Waals surface area (Å²) in [6, 6.07) is 8.47. The van der Waals surface area contributed by atoms with E-state index in [1.807, 2.05) is 19.2 Å². The van der Waals surface area contributed by atoms with Gasteiger partial charge in [0, 0.05) is 20.1 Å². The molecular formula is C19H35IN4O. The highest BCUT2D eigenvalue weighted by atomic mass is 127. The van der Waals surface area contributed by atoms with Crippen molar-refractivity contribution >= 4 is 29.9 Å². The summed E-state index contributed by atoms with van der Waals surface area (Å²) in [7, 11) is 7.69. The summed E-state index contributed by atoms with van der Waals surface area (Å²) in [6.45, 7) is 6.24. The van der Waals surface area contributed by atoms with E-state index < -0.39 is 0 Å². The van der Waals surface area contributed by atoms with E-state index in [9.17, 15) is 0 Å². The number of halogens is 1. The van der Waals surface area contributed by atoms with Gasteiger partial charge in [-0.2, -0.15) is 0 Å². The molecule has 0 aliphatic rings. The Morgan fingerprint density at radius 2 is 1.96 bits per heavy atom. The largest absolute Gasteiger partial charge is 0.497 e. The van der Waals surface area contributed by atoms with Crippen molar-refractivity contribution in [1.29, 1.82) is 0 Å². The molecule has 1 rings (SSSR count). The summed E-state index contributed by atoms with van der Waals surface area (Å²) in [6.07, 6.45) is 2.39. The van der Waals surface area contributed by atoms with E-state index in [1.165, 1.54) is 12.0 Å². The topological polar surface area (TPSA) is 48.9 Å². The van der Waals surface area contributed by atoms with E-state index in [-0.39, 0.29) is 30.0 Å². The molecule has 5 nitrogen and oxygen atoms in total. The Hall–Kier alpha value is -1.02. The molecule has 1 unspecified atom stereocenters. The minimum absolute atomic E-state index is 0. The zero-order valence-corrected chi connectivity index (χ0v) is 18.8. The van der Waals surface area contributed by atoms with Gasteiger partial charge in [0.1, 0.15) is 5.75 Å². The Morgan fingerprint density at radius 1 is 1.24 bits per heavy atom. The molecule has 0 heterocycles. The summed E-state index contributed by atoms with van der Waals surface area (Å²) in [4.78, 5) is 6.52. The molecular weight excluding hydrogens is 427 g/mol. The van der Waals surface area contributed by atoms with Crippen LogP contribution < -0.4 is 15.4 Å². The highest BCUT2D eigenvalue weighted by Gasteiger charge is 2.15. The lowest BCUT2D eigenvalue weighted by Crippen LogP contribution is -2.42. The summed E-state index contributed by atoms with van der Waals surface area (Å²) >= 11 is 0. The van der Waals surface area contributed by atoms with Crippen molar-refractivity contribution in [2.24, 2.45) is 10.9 Å². The van der Waals surface area contributed by atoms with Crippen LogP contribution in [0.3, 0.4) is 0 Å². The number of methoxy groups -OCH3 is 1. The number of ether oxygens (including phenoxy) is 1. The van der Waals surface area contributed by atoms with Crippen LogP contribution in [0.25, 0.3) is 0 Å². The zero-order chi connectivity index (χ0) is 17.9. The highest BCUT2D eigenvalue weighted by molar-refractivity contribution is 14.0. The Morgan fingerprint density at radius 3 is 2.52 bits per heavy atom. The SMILES string of the molecule is CN=C(NCCCC(C)C)NCC(c1cccc(OC)c1)N(C)C.I. The Kier molecular flexibility index (Phi) is 12.7. The molecule has 0 amide bonds. The number of guanidine groups is 1. The molecule has 1 aromatic carbocycles. The molecule has 0 saturated heterocycles. The second-order valence-corrected chi connectivity index (χ2v) is 6.67. The standard InChI is InChI=1S/C19H34N4O.HI/c1-15(2)9-8-12-21-19(20-3)22-14-18(23(4)5)16-10-7-11-17(13-16)24-6;/h7,10-11,13,15,18H,8-9,12,14H2,1-6H3,(H2,20,21,22);1H. The monoisotopic (exact) mass is 462 g/mol. The first-order valence-electron chi connectivity index (χ1n) is 8.72. The molecule has 0 bridgehead atoms. The first-order valence-corrected chi connectivity index (χ1v) is 8.72. The molecule has 25 heavy (non-hydrogen) atoms. The van der Waals surface area contributed by atoms with Crippen LogP contribution in [-0.4, -0.2) is 52.2 Å². The highest BCUT2D eigenvalue weighted by Crippen LogP contribution is 2.22. The maximum absolute atomic E-state index is 5.34. The summed E-state index contributed by atoms with van der Waals surface area (Å²) in [5.41, 5.74) is 1.22. The molecule has 0 aliphatic heterocycles. The number of nitrogens with zero attached hydrogens (tertiary/aromatic N) is 2. The van der Waals surface area contributed by atoms with Gasteiger partial charge in [0.25, 0.3) is 0 Å². The van der Waals surface area contributed by atoms with Gasteiger partial charge in [-0.25, -0.2) is 0 Å². The van der Waals surface area contributed by atoms with Crippen molar-refractivity contribution in [3.05, 3.63) is 29.8 Å². The predicted octanol–water partition coefficient (Wildman–Crippen LogP) is 3.52. The normalized spacial score (nSPS) is 12.7. The third kappa shape index (κ3) is 9.30. The molecule has 144 valence electrons. The van der Waals surface area contributed by atoms with Gasteiger partial charge < -0.3 is 20.3 Å². The van der Waals surface area contributed by atoms with Crippen molar-refractivity contribution in [2.75, 3.05) is 41.3 Å². The van der Waals surface area contributed by atoms with E-state index in [1.54, 1.807) is 7.11 Å². The smallest absolute Gasteiger partial charge is 0.191 e. The Bertz CT molecular complexity index is 506. The van der Waals surface area contributed by atoms with Gasteiger partial charge in [0.05, 0.1) is 13.2 Å². The lowest BCUT2D eigenvalue weighted by atomic mass is 10.1. The van der Waals surface area contributed by atoms with Crippen LogP contribution in [0.5, 0.6) is 5.75 Å². The number of aliphatic imine (C=N–C) groups is 1. The molecule has 6 heteroatoms. The van der Waals surface area contributed by atoms with Gasteiger partial charge in [-0.1, -0.05) is 26.0 Å². The fraction of sp³-hybridized carbons (Fsp3) is 0.632. The second kappa shape index (κ2) is 13.2. The van der Waals surface area contributed by atoms with Crippen molar-refractivity contribution in [2.45, 2.75) is 32.7 Å². The van der Waals surface area contributed by atoms with Gasteiger partial charge in [0.15, 0.2) is 5.96 Å². The minimum atomic E-state index is 0. The van der Waals surface area contributed by atoms with Crippen LogP contribution in [0.1, 0.15) is 38.3 Å². The lowest BCUT2D eigenvalue weighted by Gasteiger charge is -2.26. The van der Waals surface area contributed by atoms with Crippen molar-refractivity contribution in [3.8, 4) is 5.75 Å². The molecule has 0 aromatic heterocycles. The average Bonchev–Trinajstić information content (AvgIpc) is 2.56. The van der Waals surface area contributed by atoms with Crippen LogP contribution in [-0.2, 0) is 0 Å². The number of hydrogen-bond acceptors (Lipinski definition) is 3. The Labute approximate surface area is 170 Å². The Balaban J connectivity index is 0.00000576. The van der Waals surface area contributed by atoms with Gasteiger partial charge in [-0.05, 0) is 50.6 Å². The number of likely N-dealkylation sites (N-methyl/N-ethyl adjacent to an activating group) is 1. The summed E-state index contributed by atoms with van der Waals surface area (Å²) in [5, 5.41) is 6.82. The van der Waals surface area contributed by atoms with Crippen LogP contribution in [0.4, 0.5) is 0 Å². The summed E-state index contributed by atoms with van der Waals surface area (Å²) in [5.74, 6) is 2.48. The van der Waals surface area contributed by atoms with Gasteiger partial charge >= 0.3 is 0 Å². The number of nitrogens with one attached hydrogen (secondary N) is 2. The molecule has 0 radical (unpaired) electrons. The number of benzene rings is 1. The van der Waals surface area contributed by atoms with Crippen LogP contribution >= 0.6 is 24.0 Å². The van der Waals surface area contributed by atoms with Crippen molar-refractivity contribution in [3.63, 3.8) is 0 Å². The number of hydrogen-bond donors (Lipinski definition) is 2. The fourth-order valence-corrected chi connectivity index (χ4v) is 2.58. The third-order valence-electron chi connectivity index (χ3n) is 4.04. The van der Waals surface area contributed by atoms with E-state index >= 15 is 0 Å². The lowest BCUT2D eigenvalue weighted by molar-refractivity contribution is 0.297. The van der Waals surface area contributed by atoms with E-state index in [0.29, 0.717) is 0 Å². The first-order chi connectivity index (χ1) is 11.5. The molecule has 0 saturated carbocycles. The van der Waals surface area contributed by atoms with E-state index in [0.717, 1.165) is 37.1 Å². The maximum Gasteiger partial charge on any atom is 0.191 e. The van der Waals surface area contributed by atoms with Crippen LogP contribution in [0, 0.1) is 5.92 Å². The fourth-order valence-electron chi connectivity index (χ4n) is 2.58. The predicted molar refractivity (Wildman–Crippen MR) is 118 cm³/mol. The minimum Gasteiger partial charge on any atom is -0.497 e. The van der Waals surface area contributed by atoms with E-state index in [4.69, 9.17) is 4.74 Å². The molecule has 1 aromatic rings. The average molecular weight is 462 g/mol. The molecule has 1 atom stereocenters. The van der Waals surface area contributed by atoms with Gasteiger partial charge in [0.2, 0.25) is 0 Å². The molecule has 0 aliphatic carbocycles. The van der Waals surface area contributed by atoms with Gasteiger partial charge in [-0.3, -0.25) is 4.99 Å². The molecule has 0 spiro atoms. The van der Waals surface area contributed by atoms with Gasteiger partial charge in [-0.15, -0.1) is 24.0 Å². The van der Waals surface area contributed by atoms with E-state index in [2.05, 4.69) is 60.6 Å². The first kappa shape index (κ1) is 24.0. The molecule has 2 N–H and O–H groups in total. The zero-order valence-electron chi connectivity index (χ0n) is 16.5.